The molecule has 1 aliphatic heterocycles. The predicted octanol–water partition coefficient (Wildman–Crippen LogP) is 1.76. The van der Waals surface area contributed by atoms with Gasteiger partial charge in [0.15, 0.2) is 0 Å². The highest BCUT2D eigenvalue weighted by Crippen LogP contribution is 2.25. The molecule has 0 saturated carbocycles. The summed E-state index contributed by atoms with van der Waals surface area (Å²) in [6.07, 6.45) is 1.32. The number of rotatable bonds is 5. The van der Waals surface area contributed by atoms with Gasteiger partial charge < -0.3 is 21.1 Å². The van der Waals surface area contributed by atoms with Crippen LogP contribution in [0.25, 0.3) is 10.4 Å². The first-order valence-electron chi connectivity index (χ1n) is 9.66. The molecule has 0 spiro atoms. The summed E-state index contributed by atoms with van der Waals surface area (Å²) in [5.74, 6) is -0.578. The third-order valence-electron chi connectivity index (χ3n) is 5.20. The fourth-order valence-corrected chi connectivity index (χ4v) is 3.94. The van der Waals surface area contributed by atoms with Gasteiger partial charge in [0.25, 0.3) is 0 Å². The molecule has 7 nitrogen and oxygen atoms in total. The Balaban J connectivity index is 1.62. The zero-order chi connectivity index (χ0) is 21.2. The fourth-order valence-electron chi connectivity index (χ4n) is 3.31. The van der Waals surface area contributed by atoms with E-state index in [1.165, 1.54) is 4.90 Å². The van der Waals surface area contributed by atoms with Crippen molar-refractivity contribution < 1.29 is 14.7 Å². The molecule has 3 atom stereocenters. The van der Waals surface area contributed by atoms with Crippen LogP contribution in [-0.4, -0.2) is 51.5 Å². The SMILES string of the molecule is CC(C)(C)C(N)C(=O)N1C[C@H](O)C[C@H]1C(=O)NCc1ccc(-c2cncs2)cc1. The largest absolute Gasteiger partial charge is 0.391 e. The second kappa shape index (κ2) is 8.61. The molecule has 1 unspecified atom stereocenters. The average Bonchev–Trinajstić information content (AvgIpc) is 3.34. The number of aliphatic hydroxyl groups is 1. The third kappa shape index (κ3) is 5.01. The van der Waals surface area contributed by atoms with Crippen molar-refractivity contribution in [2.24, 2.45) is 11.1 Å². The van der Waals surface area contributed by atoms with E-state index in [0.29, 0.717) is 6.54 Å². The maximum atomic E-state index is 12.8. The Labute approximate surface area is 174 Å². The van der Waals surface area contributed by atoms with Gasteiger partial charge in [0, 0.05) is 25.7 Å². The molecule has 1 aromatic heterocycles. The second-order valence-electron chi connectivity index (χ2n) is 8.52. The number of amides is 2. The third-order valence-corrected chi connectivity index (χ3v) is 6.02. The van der Waals surface area contributed by atoms with Crippen LogP contribution in [0.5, 0.6) is 0 Å². The Hall–Kier alpha value is -2.29. The maximum absolute atomic E-state index is 12.8. The Kier molecular flexibility index (Phi) is 6.36. The first-order valence-corrected chi connectivity index (χ1v) is 10.5. The normalized spacial score (nSPS) is 20.5. The number of aliphatic hydroxyl groups excluding tert-OH is 1. The summed E-state index contributed by atoms with van der Waals surface area (Å²) in [6, 6.07) is 6.46. The Morgan fingerprint density at radius 2 is 2.03 bits per heavy atom. The molecule has 0 radical (unpaired) electrons. The van der Waals surface area contributed by atoms with Gasteiger partial charge in [0.05, 0.1) is 22.5 Å². The quantitative estimate of drug-likeness (QED) is 0.688. The minimum Gasteiger partial charge on any atom is -0.391 e. The van der Waals surface area contributed by atoms with Crippen LogP contribution < -0.4 is 11.1 Å². The highest BCUT2D eigenvalue weighted by Gasteiger charge is 2.42. The smallest absolute Gasteiger partial charge is 0.243 e. The number of carbonyl (C=O) groups is 2. The van der Waals surface area contributed by atoms with Gasteiger partial charge in [-0.2, -0.15) is 0 Å². The minimum atomic E-state index is -0.734. The van der Waals surface area contributed by atoms with E-state index < -0.39 is 23.6 Å². The molecule has 1 aromatic carbocycles. The molecule has 3 rings (SSSR count). The minimum absolute atomic E-state index is 0.129. The molecule has 8 heteroatoms. The lowest BCUT2D eigenvalue weighted by molar-refractivity contribution is -0.141. The van der Waals surface area contributed by atoms with Crippen LogP contribution in [0.1, 0.15) is 32.8 Å². The highest BCUT2D eigenvalue weighted by molar-refractivity contribution is 7.13. The van der Waals surface area contributed by atoms with Crippen LogP contribution in [-0.2, 0) is 16.1 Å². The first-order chi connectivity index (χ1) is 13.7. The van der Waals surface area contributed by atoms with Crippen LogP contribution in [0.2, 0.25) is 0 Å². The summed E-state index contributed by atoms with van der Waals surface area (Å²) in [6.45, 7) is 6.12. The number of carbonyl (C=O) groups excluding carboxylic acids is 2. The topological polar surface area (TPSA) is 109 Å². The number of benzene rings is 1. The van der Waals surface area contributed by atoms with Crippen molar-refractivity contribution >= 4 is 23.2 Å². The van der Waals surface area contributed by atoms with Crippen molar-refractivity contribution in [1.29, 1.82) is 0 Å². The van der Waals surface area contributed by atoms with Gasteiger partial charge in [-0.05, 0) is 16.5 Å². The lowest BCUT2D eigenvalue weighted by Crippen LogP contribution is -2.54. The van der Waals surface area contributed by atoms with E-state index in [9.17, 15) is 14.7 Å². The van der Waals surface area contributed by atoms with E-state index in [2.05, 4.69) is 10.3 Å². The lowest BCUT2D eigenvalue weighted by atomic mass is 9.86. The van der Waals surface area contributed by atoms with Crippen molar-refractivity contribution in [2.45, 2.75) is 51.9 Å². The number of hydrogen-bond acceptors (Lipinski definition) is 6. The van der Waals surface area contributed by atoms with E-state index in [0.717, 1.165) is 16.0 Å². The van der Waals surface area contributed by atoms with Crippen molar-refractivity contribution in [3.63, 3.8) is 0 Å². The molecule has 1 saturated heterocycles. The number of hydrogen-bond donors (Lipinski definition) is 3. The molecule has 2 aromatic rings. The summed E-state index contributed by atoms with van der Waals surface area (Å²) >= 11 is 1.57. The molecule has 1 fully saturated rings. The number of nitrogens with one attached hydrogen (secondary N) is 1. The Morgan fingerprint density at radius 1 is 1.34 bits per heavy atom. The number of aromatic nitrogens is 1. The van der Waals surface area contributed by atoms with Crippen molar-refractivity contribution in [1.82, 2.24) is 15.2 Å². The summed E-state index contributed by atoms with van der Waals surface area (Å²) in [7, 11) is 0. The van der Waals surface area contributed by atoms with Gasteiger partial charge in [0.1, 0.15) is 6.04 Å². The Morgan fingerprint density at radius 3 is 2.62 bits per heavy atom. The van der Waals surface area contributed by atoms with E-state index in [1.54, 1.807) is 16.8 Å². The molecular formula is C21H28N4O3S. The zero-order valence-corrected chi connectivity index (χ0v) is 17.8. The summed E-state index contributed by atoms with van der Waals surface area (Å²) in [4.78, 5) is 32.1. The maximum Gasteiger partial charge on any atom is 0.243 e. The monoisotopic (exact) mass is 416 g/mol. The predicted molar refractivity (Wildman–Crippen MR) is 113 cm³/mol. The fraction of sp³-hybridized carbons (Fsp3) is 0.476. The summed E-state index contributed by atoms with van der Waals surface area (Å²) in [5, 5.41) is 12.9. The molecule has 0 bridgehead atoms. The number of thiazole rings is 1. The average molecular weight is 417 g/mol. The van der Waals surface area contributed by atoms with E-state index in [-0.39, 0.29) is 24.8 Å². The first kappa shape index (κ1) is 21.4. The van der Waals surface area contributed by atoms with Crippen LogP contribution in [0, 0.1) is 5.41 Å². The van der Waals surface area contributed by atoms with Gasteiger partial charge in [-0.25, -0.2) is 0 Å². The molecule has 29 heavy (non-hydrogen) atoms. The van der Waals surface area contributed by atoms with Crippen LogP contribution in [0.15, 0.2) is 36.0 Å². The number of nitrogens with two attached hydrogens (primary N) is 1. The highest BCUT2D eigenvalue weighted by atomic mass is 32.1. The van der Waals surface area contributed by atoms with Gasteiger partial charge in [-0.15, -0.1) is 11.3 Å². The Bertz CT molecular complexity index is 846. The molecule has 0 aliphatic carbocycles. The second-order valence-corrected chi connectivity index (χ2v) is 9.41. The molecule has 156 valence electrons. The molecule has 1 aliphatic rings. The van der Waals surface area contributed by atoms with Crippen LogP contribution >= 0.6 is 11.3 Å². The molecule has 4 N–H and O–H groups in total. The number of β-amino-alcohol motifs (C(OH)–C–C–N with tert-alkyl or cyclic N) is 1. The van der Waals surface area contributed by atoms with E-state index >= 15 is 0 Å². The summed E-state index contributed by atoms with van der Waals surface area (Å²) < 4.78 is 0. The molecule has 2 heterocycles. The van der Waals surface area contributed by atoms with Gasteiger partial charge >= 0.3 is 0 Å². The van der Waals surface area contributed by atoms with E-state index in [4.69, 9.17) is 5.73 Å². The zero-order valence-electron chi connectivity index (χ0n) is 17.0. The van der Waals surface area contributed by atoms with Crippen molar-refractivity contribution in [3.8, 4) is 10.4 Å². The molecular weight excluding hydrogens is 388 g/mol. The van der Waals surface area contributed by atoms with Crippen molar-refractivity contribution in [3.05, 3.63) is 41.5 Å². The van der Waals surface area contributed by atoms with Gasteiger partial charge in [-0.3, -0.25) is 14.6 Å². The van der Waals surface area contributed by atoms with Crippen LogP contribution in [0.3, 0.4) is 0 Å². The van der Waals surface area contributed by atoms with E-state index in [1.807, 2.05) is 51.2 Å². The number of nitrogens with zero attached hydrogens (tertiary/aromatic N) is 2. The lowest BCUT2D eigenvalue weighted by Gasteiger charge is -2.32. The van der Waals surface area contributed by atoms with Gasteiger partial charge in [-0.1, -0.05) is 45.0 Å². The number of likely N-dealkylation sites (tertiary alicyclic amines) is 1. The van der Waals surface area contributed by atoms with Crippen molar-refractivity contribution in [2.75, 3.05) is 6.54 Å². The standard InChI is InChI=1S/C21H28N4O3S/c1-21(2,3)18(22)20(28)25-11-15(26)8-16(25)19(27)24-9-13-4-6-14(7-5-13)17-10-23-12-29-17/h4-7,10,12,15-16,18,26H,8-9,11,22H2,1-3H3,(H,24,27)/t15-,16+,18?/m1/s1. The van der Waals surface area contributed by atoms with Crippen LogP contribution in [0.4, 0.5) is 0 Å². The van der Waals surface area contributed by atoms with Gasteiger partial charge in [0.2, 0.25) is 11.8 Å². The molecule has 2 amide bonds. The summed E-state index contributed by atoms with van der Waals surface area (Å²) in [5.41, 5.74) is 9.49.